The van der Waals surface area contributed by atoms with Gasteiger partial charge in [0.25, 0.3) is 11.8 Å². The number of hydrogen-bond acceptors (Lipinski definition) is 6. The van der Waals surface area contributed by atoms with Crippen LogP contribution in [0.3, 0.4) is 0 Å². The summed E-state index contributed by atoms with van der Waals surface area (Å²) < 4.78 is 17.7. The molecule has 3 heterocycles. The fraction of sp³-hybridized carbons (Fsp3) is 0.211. The fourth-order valence-corrected chi connectivity index (χ4v) is 8.37. The maximum absolute atomic E-state index is 15.2. The Kier molecular flexibility index (Phi) is 7.23. The zero-order valence-corrected chi connectivity index (χ0v) is 27.8. The number of anilines is 1. The molecule has 1 aliphatic carbocycles. The Balaban J connectivity index is 1.40. The molecule has 0 radical (unpaired) electrons. The maximum atomic E-state index is 15.2. The van der Waals surface area contributed by atoms with E-state index in [0.717, 1.165) is 9.58 Å². The fourth-order valence-electron chi connectivity index (χ4n) is 8.25. The van der Waals surface area contributed by atoms with E-state index >= 15 is 4.79 Å². The molecular weight excluding hydrogens is 661 g/mol. The minimum absolute atomic E-state index is 0.0192. The van der Waals surface area contributed by atoms with Crippen LogP contribution in [0, 0.1) is 25.6 Å². The number of benzene rings is 4. The third-order valence-electron chi connectivity index (χ3n) is 10.4. The zero-order chi connectivity index (χ0) is 35.1. The molecule has 0 spiro atoms. The Morgan fingerprint density at radius 2 is 1.54 bits per heavy atom. The van der Waals surface area contributed by atoms with Gasteiger partial charge in [0.05, 0.1) is 35.3 Å². The van der Waals surface area contributed by atoms with Gasteiger partial charge in [0.15, 0.2) is 0 Å². The van der Waals surface area contributed by atoms with Gasteiger partial charge in [-0.25, -0.2) is 27.9 Å². The van der Waals surface area contributed by atoms with Gasteiger partial charge < -0.3 is 5.11 Å². The molecule has 2 aliphatic heterocycles. The van der Waals surface area contributed by atoms with Crippen molar-refractivity contribution in [2.45, 2.75) is 44.2 Å². The zero-order valence-electron chi connectivity index (χ0n) is 27.0. The standard InChI is InChI=1S/C38H31ClFN5O5/c1-21-18-23(19-22(2)33(21)46)32-29-16-17-42-36(49)43(28-6-4-3-5-7-28)37(50)45(42)31(29)20-30-34(47)44(41-27-14-12-26(40)13-15-27)35(48)38(30,32)24-8-10-25(39)11-9-24/h3-16,18-19,30-32,41,46H,17,20H2,1-2H3/t30-,31+,32-,38+/m0/s1. The van der Waals surface area contributed by atoms with E-state index in [1.54, 1.807) is 80.6 Å². The van der Waals surface area contributed by atoms with E-state index in [1.807, 2.05) is 6.08 Å². The first-order valence-corrected chi connectivity index (χ1v) is 16.6. The van der Waals surface area contributed by atoms with Crippen LogP contribution in [0.25, 0.3) is 5.69 Å². The summed E-state index contributed by atoms with van der Waals surface area (Å²) in [5.74, 6) is -3.30. The summed E-state index contributed by atoms with van der Waals surface area (Å²) in [6.07, 6.45) is 1.90. The number of aromatic hydroxyl groups is 1. The maximum Gasteiger partial charge on any atom is 0.352 e. The lowest BCUT2D eigenvalue weighted by Gasteiger charge is -2.49. The highest BCUT2D eigenvalue weighted by Crippen LogP contribution is 2.62. The van der Waals surface area contributed by atoms with Crippen molar-refractivity contribution in [3.8, 4) is 11.4 Å². The molecule has 2 amide bonds. The largest absolute Gasteiger partial charge is 0.507 e. The molecule has 0 bridgehead atoms. The van der Waals surface area contributed by atoms with Crippen LogP contribution in [0.4, 0.5) is 10.1 Å². The summed E-state index contributed by atoms with van der Waals surface area (Å²) in [4.78, 5) is 58.0. The lowest BCUT2D eigenvalue weighted by molar-refractivity contribution is -0.138. The van der Waals surface area contributed by atoms with Gasteiger partial charge in [-0.3, -0.25) is 15.0 Å². The number of imide groups is 1. The summed E-state index contributed by atoms with van der Waals surface area (Å²) in [5.41, 5.74) is 4.08. The predicted octanol–water partition coefficient (Wildman–Crippen LogP) is 5.53. The first kappa shape index (κ1) is 31.6. The number of halogens is 2. The number of hydrazine groups is 1. The summed E-state index contributed by atoms with van der Waals surface area (Å²) in [5, 5.41) is 12.2. The molecule has 1 aromatic heterocycles. The van der Waals surface area contributed by atoms with Crippen LogP contribution < -0.4 is 16.8 Å². The highest BCUT2D eigenvalue weighted by Gasteiger charge is 2.68. The van der Waals surface area contributed by atoms with Crippen molar-refractivity contribution < 1.29 is 19.1 Å². The number of hydrogen-bond donors (Lipinski definition) is 2. The Labute approximate surface area is 290 Å². The van der Waals surface area contributed by atoms with Crippen LogP contribution in [0.5, 0.6) is 5.75 Å². The molecule has 1 saturated heterocycles. The smallest absolute Gasteiger partial charge is 0.352 e. The van der Waals surface area contributed by atoms with Crippen molar-refractivity contribution in [2.24, 2.45) is 5.92 Å². The second-order valence-corrected chi connectivity index (χ2v) is 13.5. The first-order valence-electron chi connectivity index (χ1n) is 16.2. The number of nitrogens with zero attached hydrogens (tertiary/aromatic N) is 4. The van der Waals surface area contributed by atoms with Gasteiger partial charge >= 0.3 is 11.4 Å². The molecule has 2 fully saturated rings. The van der Waals surface area contributed by atoms with Gasteiger partial charge in [0.2, 0.25) is 0 Å². The summed E-state index contributed by atoms with van der Waals surface area (Å²) in [6.45, 7) is 3.58. The predicted molar refractivity (Wildman–Crippen MR) is 185 cm³/mol. The van der Waals surface area contributed by atoms with Crippen molar-refractivity contribution in [1.82, 2.24) is 18.9 Å². The second kappa shape index (κ2) is 11.4. The topological polar surface area (TPSA) is 119 Å². The molecule has 8 rings (SSSR count). The molecule has 2 N–H and O–H groups in total. The highest BCUT2D eigenvalue weighted by molar-refractivity contribution is 6.30. The average molecular weight is 692 g/mol. The molecule has 4 atom stereocenters. The van der Waals surface area contributed by atoms with E-state index in [1.165, 1.54) is 33.6 Å². The van der Waals surface area contributed by atoms with Crippen LogP contribution in [-0.2, 0) is 21.5 Å². The number of phenols is 1. The van der Waals surface area contributed by atoms with Gasteiger partial charge in [0.1, 0.15) is 11.6 Å². The number of allylic oxidation sites excluding steroid dienone is 2. The van der Waals surface area contributed by atoms with Crippen LogP contribution in [0.1, 0.15) is 40.6 Å². The molecular formula is C38H31ClFN5O5. The van der Waals surface area contributed by atoms with E-state index < -0.39 is 52.3 Å². The van der Waals surface area contributed by atoms with Gasteiger partial charge in [-0.05, 0) is 96.6 Å². The number of aryl methyl sites for hydroxylation is 2. The van der Waals surface area contributed by atoms with Crippen molar-refractivity contribution in [3.63, 3.8) is 0 Å². The Morgan fingerprint density at radius 3 is 2.20 bits per heavy atom. The van der Waals surface area contributed by atoms with Crippen LogP contribution in [0.15, 0.2) is 112 Å². The summed E-state index contributed by atoms with van der Waals surface area (Å²) in [6, 6.07) is 23.6. The number of fused-ring (bicyclic) bond motifs is 4. The lowest BCUT2D eigenvalue weighted by Crippen LogP contribution is -2.53. The van der Waals surface area contributed by atoms with Crippen molar-refractivity contribution >= 4 is 29.1 Å². The summed E-state index contributed by atoms with van der Waals surface area (Å²) >= 11 is 6.35. The SMILES string of the molecule is Cc1cc([C@H]2C3=CCn4c(=O)n(-c5ccccc5)c(=O)n4[C@@H]3C[C@H]3C(=O)N(Nc4ccc(F)cc4)C(=O)[C@@]23c2ccc(Cl)cc2)cc(C)c1O. The normalized spacial score (nSPS) is 22.5. The molecule has 0 unspecified atom stereocenters. The van der Waals surface area contributed by atoms with Crippen LogP contribution in [0.2, 0.25) is 5.02 Å². The van der Waals surface area contributed by atoms with E-state index in [0.29, 0.717) is 44.2 Å². The third kappa shape index (κ3) is 4.46. The number of aromatic nitrogens is 3. The van der Waals surface area contributed by atoms with E-state index in [9.17, 15) is 23.9 Å². The molecule has 5 aromatic rings. The second-order valence-electron chi connectivity index (χ2n) is 13.1. The quantitative estimate of drug-likeness (QED) is 0.185. The minimum Gasteiger partial charge on any atom is -0.507 e. The number of para-hydroxylation sites is 1. The number of phenolic OH excluding ortho intramolecular Hbond substituents is 1. The highest BCUT2D eigenvalue weighted by atomic mass is 35.5. The van der Waals surface area contributed by atoms with Crippen molar-refractivity contribution in [3.05, 3.63) is 157 Å². The van der Waals surface area contributed by atoms with Crippen molar-refractivity contribution in [1.29, 1.82) is 0 Å². The molecule has 3 aliphatic rings. The monoisotopic (exact) mass is 691 g/mol. The Bertz CT molecular complexity index is 2340. The van der Waals surface area contributed by atoms with E-state index in [-0.39, 0.29) is 18.7 Å². The first-order chi connectivity index (χ1) is 24.0. The van der Waals surface area contributed by atoms with Gasteiger partial charge in [-0.2, -0.15) is 5.01 Å². The van der Waals surface area contributed by atoms with Gasteiger partial charge in [-0.15, -0.1) is 0 Å². The van der Waals surface area contributed by atoms with Gasteiger partial charge in [-0.1, -0.05) is 60.1 Å². The molecule has 252 valence electrons. The number of rotatable bonds is 5. The molecule has 10 nitrogen and oxygen atoms in total. The number of carbonyl (C=O) groups is 2. The van der Waals surface area contributed by atoms with E-state index in [4.69, 9.17) is 11.6 Å². The number of nitrogens with one attached hydrogen (secondary N) is 1. The average Bonchev–Trinajstić information content (AvgIpc) is 3.49. The third-order valence-corrected chi connectivity index (χ3v) is 10.6. The lowest BCUT2D eigenvalue weighted by atomic mass is 9.53. The Hall–Kier alpha value is -5.68. The Morgan fingerprint density at radius 1 is 0.880 bits per heavy atom. The number of carbonyl (C=O) groups excluding carboxylic acids is 2. The molecule has 50 heavy (non-hydrogen) atoms. The summed E-state index contributed by atoms with van der Waals surface area (Å²) in [7, 11) is 0. The van der Waals surface area contributed by atoms with Gasteiger partial charge in [0, 0.05) is 10.9 Å². The molecule has 12 heteroatoms. The minimum atomic E-state index is -1.54. The van der Waals surface area contributed by atoms with Crippen LogP contribution >= 0.6 is 11.6 Å². The molecule has 1 saturated carbocycles. The van der Waals surface area contributed by atoms with Crippen LogP contribution in [-0.4, -0.2) is 35.9 Å². The number of amides is 2. The van der Waals surface area contributed by atoms with Crippen molar-refractivity contribution in [2.75, 3.05) is 5.43 Å². The van der Waals surface area contributed by atoms with E-state index in [2.05, 4.69) is 5.43 Å². The molecule has 4 aromatic carbocycles.